The second-order valence-corrected chi connectivity index (χ2v) is 5.85. The summed E-state index contributed by atoms with van der Waals surface area (Å²) in [5.74, 6) is 1.12. The molecule has 2 unspecified atom stereocenters. The van der Waals surface area contributed by atoms with Crippen LogP contribution in [0, 0.1) is 11.8 Å². The summed E-state index contributed by atoms with van der Waals surface area (Å²) in [6, 6.07) is 0.678. The molecule has 0 saturated heterocycles. The molecule has 0 aromatic carbocycles. The van der Waals surface area contributed by atoms with E-state index in [-0.39, 0.29) is 0 Å². The van der Waals surface area contributed by atoms with Crippen LogP contribution in [0.1, 0.15) is 53.4 Å². The van der Waals surface area contributed by atoms with Crippen LogP contribution in [-0.2, 0) is 0 Å². The van der Waals surface area contributed by atoms with Gasteiger partial charge in [0.25, 0.3) is 0 Å². The number of hydrogen-bond donors (Lipinski definition) is 0. The molecular formula is C16H28N2. The van der Waals surface area contributed by atoms with Crippen molar-refractivity contribution in [1.82, 2.24) is 0 Å². The number of rotatable bonds is 2. The molecule has 2 heteroatoms. The van der Waals surface area contributed by atoms with E-state index in [0.29, 0.717) is 23.9 Å². The largest absolute Gasteiger partial charge is 0.190 e. The summed E-state index contributed by atoms with van der Waals surface area (Å²) in [6.07, 6.45) is 13.4. The lowest BCUT2D eigenvalue weighted by molar-refractivity contribution is 0.426. The van der Waals surface area contributed by atoms with Crippen LogP contribution in [0.3, 0.4) is 0 Å². The van der Waals surface area contributed by atoms with Crippen LogP contribution in [0.5, 0.6) is 0 Å². The molecule has 1 heterocycles. The molecule has 1 aliphatic rings. The Kier molecular flexibility index (Phi) is 6.92. The first kappa shape index (κ1) is 15.1. The van der Waals surface area contributed by atoms with Crippen LogP contribution in [0.15, 0.2) is 34.5 Å². The van der Waals surface area contributed by atoms with Crippen LogP contribution in [-0.4, -0.2) is 12.1 Å². The maximum absolute atomic E-state index is 4.60. The van der Waals surface area contributed by atoms with Crippen molar-refractivity contribution in [3.05, 3.63) is 24.3 Å². The molecule has 2 atom stereocenters. The van der Waals surface area contributed by atoms with Gasteiger partial charge in [-0.1, -0.05) is 52.0 Å². The van der Waals surface area contributed by atoms with E-state index in [9.17, 15) is 0 Å². The van der Waals surface area contributed by atoms with Crippen molar-refractivity contribution in [2.45, 2.75) is 65.5 Å². The van der Waals surface area contributed by atoms with Crippen molar-refractivity contribution in [3.63, 3.8) is 0 Å². The Morgan fingerprint density at radius 1 is 0.722 bits per heavy atom. The van der Waals surface area contributed by atoms with Crippen LogP contribution >= 0.6 is 0 Å². The molecule has 0 fully saturated rings. The number of nitrogens with zero attached hydrogens (tertiary/aromatic N) is 2. The Balaban J connectivity index is 2.78. The monoisotopic (exact) mass is 248 g/mol. The summed E-state index contributed by atoms with van der Waals surface area (Å²) in [7, 11) is 0. The summed E-state index contributed by atoms with van der Waals surface area (Å²) in [4.78, 5) is 0. The lowest BCUT2D eigenvalue weighted by atomic mass is 10.00. The Hall–Kier alpha value is -0.920. The molecule has 1 aliphatic heterocycles. The molecule has 0 aromatic rings. The summed E-state index contributed by atoms with van der Waals surface area (Å²) in [5, 5.41) is 9.20. The molecule has 0 spiro atoms. The molecule has 0 radical (unpaired) electrons. The van der Waals surface area contributed by atoms with Gasteiger partial charge >= 0.3 is 0 Å². The van der Waals surface area contributed by atoms with Gasteiger partial charge in [-0.25, -0.2) is 0 Å². The molecule has 0 bridgehead atoms. The van der Waals surface area contributed by atoms with Crippen molar-refractivity contribution < 1.29 is 0 Å². The molecular weight excluding hydrogens is 220 g/mol. The van der Waals surface area contributed by atoms with E-state index in [1.165, 1.54) is 0 Å². The molecule has 1 rings (SSSR count). The third kappa shape index (κ3) is 5.61. The van der Waals surface area contributed by atoms with Gasteiger partial charge in [0.15, 0.2) is 0 Å². The fourth-order valence-corrected chi connectivity index (χ4v) is 1.98. The summed E-state index contributed by atoms with van der Waals surface area (Å²) < 4.78 is 0. The lowest BCUT2D eigenvalue weighted by Gasteiger charge is -2.17. The average molecular weight is 248 g/mol. The van der Waals surface area contributed by atoms with E-state index in [1.54, 1.807) is 0 Å². The first-order valence-corrected chi connectivity index (χ1v) is 7.31. The summed E-state index contributed by atoms with van der Waals surface area (Å²) >= 11 is 0. The molecule has 0 aromatic heterocycles. The van der Waals surface area contributed by atoms with Gasteiger partial charge in [0.1, 0.15) is 0 Å². The Morgan fingerprint density at radius 3 is 1.44 bits per heavy atom. The quantitative estimate of drug-likeness (QED) is 0.602. The molecule has 0 N–H and O–H groups in total. The standard InChI is InChI=1S/C16H28N2/c1-13(2)15-11-9-7-5-6-8-10-12-16(14(3)4)18-17-15/h7-10,13-16H,5-6,11-12H2,1-4H3/b9-7+,10-8+,18-17+. The Morgan fingerprint density at radius 2 is 1.11 bits per heavy atom. The first-order chi connectivity index (χ1) is 8.61. The zero-order valence-corrected chi connectivity index (χ0v) is 12.3. The number of azo groups is 1. The highest BCUT2D eigenvalue weighted by Crippen LogP contribution is 2.18. The van der Waals surface area contributed by atoms with Gasteiger partial charge in [-0.15, -0.1) is 0 Å². The van der Waals surface area contributed by atoms with Crippen molar-refractivity contribution in [3.8, 4) is 0 Å². The molecule has 0 amide bonds. The highest BCUT2D eigenvalue weighted by atomic mass is 15.1. The van der Waals surface area contributed by atoms with Crippen molar-refractivity contribution in [2.24, 2.45) is 22.1 Å². The van der Waals surface area contributed by atoms with E-state index in [2.05, 4.69) is 62.2 Å². The van der Waals surface area contributed by atoms with Gasteiger partial charge in [0.05, 0.1) is 12.1 Å². The summed E-state index contributed by atoms with van der Waals surface area (Å²) in [6.45, 7) is 8.92. The van der Waals surface area contributed by atoms with Gasteiger partial charge in [-0.3, -0.25) is 0 Å². The van der Waals surface area contributed by atoms with E-state index in [4.69, 9.17) is 0 Å². The first-order valence-electron chi connectivity index (χ1n) is 7.31. The normalized spacial score (nSPS) is 31.7. The fourth-order valence-electron chi connectivity index (χ4n) is 1.98. The second kappa shape index (κ2) is 8.23. The van der Waals surface area contributed by atoms with Gasteiger partial charge in [-0.05, 0) is 37.5 Å². The Labute approximate surface area is 112 Å². The maximum Gasteiger partial charge on any atom is 0.0765 e. The van der Waals surface area contributed by atoms with Crippen LogP contribution in [0.2, 0.25) is 0 Å². The molecule has 18 heavy (non-hydrogen) atoms. The third-order valence-electron chi connectivity index (χ3n) is 3.49. The minimum Gasteiger partial charge on any atom is -0.190 e. The molecule has 2 nitrogen and oxygen atoms in total. The second-order valence-electron chi connectivity index (χ2n) is 5.85. The average Bonchev–Trinajstić information content (AvgIpc) is 2.28. The van der Waals surface area contributed by atoms with Crippen molar-refractivity contribution in [1.29, 1.82) is 0 Å². The molecule has 0 aliphatic carbocycles. The highest BCUT2D eigenvalue weighted by molar-refractivity contribution is 4.93. The topological polar surface area (TPSA) is 24.7 Å². The highest BCUT2D eigenvalue weighted by Gasteiger charge is 2.14. The maximum atomic E-state index is 4.60. The predicted molar refractivity (Wildman–Crippen MR) is 78.9 cm³/mol. The van der Waals surface area contributed by atoms with Crippen LogP contribution in [0.4, 0.5) is 0 Å². The van der Waals surface area contributed by atoms with Crippen LogP contribution in [0.25, 0.3) is 0 Å². The zero-order chi connectivity index (χ0) is 13.4. The smallest absolute Gasteiger partial charge is 0.0765 e. The number of allylic oxidation sites excluding steroid dienone is 2. The fraction of sp³-hybridized carbons (Fsp3) is 0.750. The third-order valence-corrected chi connectivity index (χ3v) is 3.49. The van der Waals surface area contributed by atoms with Crippen molar-refractivity contribution in [2.75, 3.05) is 0 Å². The summed E-state index contributed by atoms with van der Waals surface area (Å²) in [5.41, 5.74) is 0. The van der Waals surface area contributed by atoms with E-state index in [1.807, 2.05) is 0 Å². The van der Waals surface area contributed by atoms with E-state index in [0.717, 1.165) is 25.7 Å². The molecule has 102 valence electrons. The molecule has 0 saturated carbocycles. The zero-order valence-electron chi connectivity index (χ0n) is 12.3. The van der Waals surface area contributed by atoms with Crippen LogP contribution < -0.4 is 0 Å². The predicted octanol–water partition coefficient (Wildman–Crippen LogP) is 5.17. The Bertz CT molecular complexity index is 270. The lowest BCUT2D eigenvalue weighted by Crippen LogP contribution is -2.15. The van der Waals surface area contributed by atoms with E-state index < -0.39 is 0 Å². The SMILES string of the molecule is CC(C)C1C/C=C/CC/C=C/CC(C(C)C)/N=N/1. The van der Waals surface area contributed by atoms with E-state index >= 15 is 0 Å². The van der Waals surface area contributed by atoms with Gasteiger partial charge in [-0.2, -0.15) is 10.2 Å². The minimum absolute atomic E-state index is 0.339. The number of hydrogen-bond acceptors (Lipinski definition) is 2. The van der Waals surface area contributed by atoms with Gasteiger partial charge in [0.2, 0.25) is 0 Å². The van der Waals surface area contributed by atoms with Crippen molar-refractivity contribution >= 4 is 0 Å². The minimum atomic E-state index is 0.339. The van der Waals surface area contributed by atoms with Gasteiger partial charge in [0, 0.05) is 0 Å². The van der Waals surface area contributed by atoms with Gasteiger partial charge < -0.3 is 0 Å².